The fourth-order valence-electron chi connectivity index (χ4n) is 2.32. The molecule has 1 amide bonds. The summed E-state index contributed by atoms with van der Waals surface area (Å²) in [5.41, 5.74) is 12.3. The second-order valence-electron chi connectivity index (χ2n) is 4.61. The first-order valence-electron chi connectivity index (χ1n) is 6.24. The van der Waals surface area contributed by atoms with Gasteiger partial charge in [0.2, 0.25) is 0 Å². The zero-order valence-corrected chi connectivity index (χ0v) is 10.8. The van der Waals surface area contributed by atoms with Gasteiger partial charge in [0.15, 0.2) is 5.69 Å². The van der Waals surface area contributed by atoms with Crippen molar-refractivity contribution in [2.75, 3.05) is 5.73 Å². The first kappa shape index (κ1) is 12.2. The number of primary amides is 1. The number of amides is 1. The smallest absolute Gasteiger partial charge is 0.271 e. The topological polar surface area (TPSA) is 86.9 Å². The maximum Gasteiger partial charge on any atom is 0.271 e. The third-order valence-electron chi connectivity index (χ3n) is 3.33. The number of hydrogen-bond acceptors (Lipinski definition) is 3. The first-order valence-corrected chi connectivity index (χ1v) is 6.24. The number of nitrogen functional groups attached to an aromatic ring is 1. The van der Waals surface area contributed by atoms with Crippen LogP contribution in [0.4, 0.5) is 5.82 Å². The van der Waals surface area contributed by atoms with Crippen molar-refractivity contribution in [3.05, 3.63) is 60.0 Å². The Kier molecular flexibility index (Phi) is 2.87. The lowest BCUT2D eigenvalue weighted by atomic mass is 10.0. The third-order valence-corrected chi connectivity index (χ3v) is 3.33. The van der Waals surface area contributed by atoms with E-state index in [0.717, 1.165) is 10.9 Å². The lowest BCUT2D eigenvalue weighted by Gasteiger charge is -2.09. The van der Waals surface area contributed by atoms with E-state index in [1.807, 2.05) is 24.3 Å². The number of imidazole rings is 1. The number of benzene rings is 2. The van der Waals surface area contributed by atoms with Crippen LogP contribution in [0.2, 0.25) is 0 Å². The molecule has 1 aromatic heterocycles. The van der Waals surface area contributed by atoms with Gasteiger partial charge in [0.1, 0.15) is 5.82 Å². The van der Waals surface area contributed by atoms with E-state index >= 15 is 0 Å². The fourth-order valence-corrected chi connectivity index (χ4v) is 2.32. The summed E-state index contributed by atoms with van der Waals surface area (Å²) in [7, 11) is 0. The zero-order chi connectivity index (χ0) is 14.1. The summed E-state index contributed by atoms with van der Waals surface area (Å²) in [4.78, 5) is 15.1. The van der Waals surface area contributed by atoms with Gasteiger partial charge in [-0.3, -0.25) is 4.79 Å². The van der Waals surface area contributed by atoms with E-state index < -0.39 is 5.91 Å². The maximum absolute atomic E-state index is 11.2. The lowest BCUT2D eigenvalue weighted by molar-refractivity contribution is 0.0997. The largest absolute Gasteiger partial charge is 0.383 e. The molecule has 0 spiro atoms. The van der Waals surface area contributed by atoms with E-state index in [9.17, 15) is 4.79 Å². The van der Waals surface area contributed by atoms with Crippen LogP contribution in [0.1, 0.15) is 16.1 Å². The van der Waals surface area contributed by atoms with E-state index in [2.05, 4.69) is 23.2 Å². The molecule has 0 saturated carbocycles. The van der Waals surface area contributed by atoms with Crippen molar-refractivity contribution in [1.82, 2.24) is 9.55 Å². The van der Waals surface area contributed by atoms with Gasteiger partial charge in [0.25, 0.3) is 5.91 Å². The number of fused-ring (bicyclic) bond motifs is 1. The standard InChI is InChI=1S/C15H14N4O/c16-14-13(15(17)20)18-9-19(14)8-11-6-3-5-10-4-1-2-7-12(10)11/h1-7,9H,8,16H2,(H2,17,20). The van der Waals surface area contributed by atoms with Crippen LogP contribution in [-0.4, -0.2) is 15.5 Å². The summed E-state index contributed by atoms with van der Waals surface area (Å²) in [6.45, 7) is 0.549. The minimum atomic E-state index is -0.612. The molecule has 0 aliphatic heterocycles. The molecule has 100 valence electrons. The number of nitrogens with two attached hydrogens (primary N) is 2. The number of nitrogens with zero attached hydrogens (tertiary/aromatic N) is 2. The molecule has 0 aliphatic carbocycles. The van der Waals surface area contributed by atoms with Crippen LogP contribution in [0.15, 0.2) is 48.8 Å². The molecule has 0 aliphatic rings. The van der Waals surface area contributed by atoms with Crippen LogP contribution < -0.4 is 11.5 Å². The Bertz CT molecular complexity index is 786. The van der Waals surface area contributed by atoms with E-state index in [1.165, 1.54) is 11.7 Å². The predicted octanol–water partition coefficient (Wildman–Crippen LogP) is 1.77. The van der Waals surface area contributed by atoms with Crippen molar-refractivity contribution in [2.24, 2.45) is 5.73 Å². The van der Waals surface area contributed by atoms with Gasteiger partial charge < -0.3 is 16.0 Å². The highest BCUT2D eigenvalue weighted by molar-refractivity contribution is 5.95. The van der Waals surface area contributed by atoms with Gasteiger partial charge in [0.05, 0.1) is 12.9 Å². The summed E-state index contributed by atoms with van der Waals surface area (Å²) in [5, 5.41) is 2.32. The van der Waals surface area contributed by atoms with E-state index in [0.29, 0.717) is 12.4 Å². The molecule has 0 bridgehead atoms. The van der Waals surface area contributed by atoms with Gasteiger partial charge in [-0.2, -0.15) is 0 Å². The molecule has 0 atom stereocenters. The SMILES string of the molecule is NC(=O)c1ncn(Cc2cccc3ccccc23)c1N. The molecule has 0 saturated heterocycles. The van der Waals surface area contributed by atoms with Crippen LogP contribution in [-0.2, 0) is 6.54 Å². The molecule has 3 aromatic rings. The summed E-state index contributed by atoms with van der Waals surface area (Å²) in [6.07, 6.45) is 1.54. The summed E-state index contributed by atoms with van der Waals surface area (Å²) < 4.78 is 1.72. The number of rotatable bonds is 3. The Labute approximate surface area is 115 Å². The zero-order valence-electron chi connectivity index (χ0n) is 10.8. The Morgan fingerprint density at radius 1 is 1.15 bits per heavy atom. The Morgan fingerprint density at radius 2 is 1.90 bits per heavy atom. The van der Waals surface area contributed by atoms with Gasteiger partial charge in [-0.25, -0.2) is 4.98 Å². The minimum Gasteiger partial charge on any atom is -0.383 e. The quantitative estimate of drug-likeness (QED) is 0.757. The van der Waals surface area contributed by atoms with Gasteiger partial charge >= 0.3 is 0 Å². The highest BCUT2D eigenvalue weighted by Crippen LogP contribution is 2.21. The van der Waals surface area contributed by atoms with Gasteiger partial charge in [0, 0.05) is 0 Å². The van der Waals surface area contributed by atoms with Crippen LogP contribution in [0.25, 0.3) is 10.8 Å². The molecule has 4 N–H and O–H groups in total. The molecule has 3 rings (SSSR count). The van der Waals surface area contributed by atoms with Crippen LogP contribution in [0.5, 0.6) is 0 Å². The number of carbonyl (C=O) groups is 1. The molecular weight excluding hydrogens is 252 g/mol. The highest BCUT2D eigenvalue weighted by atomic mass is 16.1. The van der Waals surface area contributed by atoms with Crippen molar-refractivity contribution in [2.45, 2.75) is 6.54 Å². The van der Waals surface area contributed by atoms with E-state index in [4.69, 9.17) is 11.5 Å². The van der Waals surface area contributed by atoms with Crippen LogP contribution >= 0.6 is 0 Å². The average molecular weight is 266 g/mol. The lowest BCUT2D eigenvalue weighted by Crippen LogP contribution is -2.14. The van der Waals surface area contributed by atoms with Crippen molar-refractivity contribution >= 4 is 22.5 Å². The number of hydrogen-bond donors (Lipinski definition) is 2. The van der Waals surface area contributed by atoms with Crippen molar-refractivity contribution < 1.29 is 4.79 Å². The molecular formula is C15H14N4O. The van der Waals surface area contributed by atoms with Crippen molar-refractivity contribution in [3.8, 4) is 0 Å². The number of carbonyl (C=O) groups excluding carboxylic acids is 1. The number of aromatic nitrogens is 2. The van der Waals surface area contributed by atoms with Crippen LogP contribution in [0.3, 0.4) is 0 Å². The molecule has 5 heteroatoms. The summed E-state index contributed by atoms with van der Waals surface area (Å²) >= 11 is 0. The Morgan fingerprint density at radius 3 is 2.65 bits per heavy atom. The molecule has 2 aromatic carbocycles. The van der Waals surface area contributed by atoms with Crippen molar-refractivity contribution in [1.29, 1.82) is 0 Å². The highest BCUT2D eigenvalue weighted by Gasteiger charge is 2.13. The minimum absolute atomic E-state index is 0.116. The fraction of sp³-hybridized carbons (Fsp3) is 0.0667. The Hall–Kier alpha value is -2.82. The average Bonchev–Trinajstić information content (AvgIpc) is 2.81. The number of anilines is 1. The second-order valence-corrected chi connectivity index (χ2v) is 4.61. The van der Waals surface area contributed by atoms with Crippen LogP contribution in [0, 0.1) is 0 Å². The molecule has 0 fully saturated rings. The van der Waals surface area contributed by atoms with Gasteiger partial charge in [-0.1, -0.05) is 42.5 Å². The normalized spacial score (nSPS) is 10.8. The maximum atomic E-state index is 11.2. The Balaban J connectivity index is 2.04. The van der Waals surface area contributed by atoms with Crippen molar-refractivity contribution in [3.63, 3.8) is 0 Å². The van der Waals surface area contributed by atoms with Gasteiger partial charge in [-0.05, 0) is 16.3 Å². The van der Waals surface area contributed by atoms with E-state index in [-0.39, 0.29) is 5.69 Å². The predicted molar refractivity (Wildman–Crippen MR) is 78.2 cm³/mol. The summed E-state index contributed by atoms with van der Waals surface area (Å²) in [5.74, 6) is -0.315. The molecule has 5 nitrogen and oxygen atoms in total. The molecule has 1 heterocycles. The summed E-state index contributed by atoms with van der Waals surface area (Å²) in [6, 6.07) is 14.2. The monoisotopic (exact) mass is 266 g/mol. The molecule has 0 unspecified atom stereocenters. The molecule has 20 heavy (non-hydrogen) atoms. The first-order chi connectivity index (χ1) is 9.66. The molecule has 0 radical (unpaired) electrons. The van der Waals surface area contributed by atoms with E-state index in [1.54, 1.807) is 4.57 Å². The third kappa shape index (κ3) is 1.99. The second kappa shape index (κ2) is 4.70. The van der Waals surface area contributed by atoms with Gasteiger partial charge in [-0.15, -0.1) is 0 Å².